The van der Waals surface area contributed by atoms with Crippen molar-refractivity contribution in [2.45, 2.75) is 51.1 Å². The minimum Gasteiger partial charge on any atom is -0.480 e. The summed E-state index contributed by atoms with van der Waals surface area (Å²) in [6.07, 6.45) is 3.88. The Labute approximate surface area is 163 Å². The lowest BCUT2D eigenvalue weighted by atomic mass is 9.96. The minimum atomic E-state index is -0.991. The number of carbonyl (C=O) groups is 3. The second kappa shape index (κ2) is 7.66. The topological polar surface area (TPSA) is 93.7 Å². The lowest BCUT2D eigenvalue weighted by molar-refractivity contribution is -0.151. The van der Waals surface area contributed by atoms with Gasteiger partial charge in [-0.1, -0.05) is 24.6 Å². The molecule has 1 fully saturated rings. The molecule has 2 N–H and O–H groups in total. The Morgan fingerprint density at radius 3 is 2.82 bits per heavy atom. The first-order chi connectivity index (χ1) is 13.5. The van der Waals surface area contributed by atoms with Crippen LogP contribution in [0.3, 0.4) is 0 Å². The van der Waals surface area contributed by atoms with Crippen molar-refractivity contribution in [3.05, 3.63) is 35.5 Å². The Kier molecular flexibility index (Phi) is 5.07. The number of aliphatic carboxylic acids is 1. The van der Waals surface area contributed by atoms with Crippen LogP contribution in [0.1, 0.15) is 43.4 Å². The monoisotopic (exact) mass is 383 g/mol. The van der Waals surface area contributed by atoms with Crippen LogP contribution >= 0.6 is 0 Å². The average molecular weight is 383 g/mol. The van der Waals surface area contributed by atoms with Gasteiger partial charge in [-0.05, 0) is 24.5 Å². The zero-order valence-electron chi connectivity index (χ0n) is 15.8. The van der Waals surface area contributed by atoms with E-state index in [1.807, 2.05) is 24.3 Å². The lowest BCUT2D eigenvalue weighted by Gasteiger charge is -2.33. The van der Waals surface area contributed by atoms with E-state index >= 15 is 0 Å². The number of hydrogen-bond donors (Lipinski definition) is 2. The fourth-order valence-electron chi connectivity index (χ4n) is 4.34. The van der Waals surface area contributed by atoms with Crippen LogP contribution in [0.5, 0.6) is 0 Å². The molecule has 0 radical (unpaired) electrons. The Bertz CT molecular complexity index is 920. The van der Waals surface area contributed by atoms with Crippen molar-refractivity contribution < 1.29 is 19.5 Å². The zero-order chi connectivity index (χ0) is 19.7. The molecule has 2 amide bonds. The van der Waals surface area contributed by atoms with Crippen molar-refractivity contribution in [3.63, 3.8) is 0 Å². The predicted molar refractivity (Wildman–Crippen MR) is 104 cm³/mol. The number of nitrogens with one attached hydrogen (secondary N) is 1. The van der Waals surface area contributed by atoms with Gasteiger partial charge < -0.3 is 19.9 Å². The highest BCUT2D eigenvalue weighted by atomic mass is 16.4. The van der Waals surface area contributed by atoms with Crippen LogP contribution in [0.4, 0.5) is 0 Å². The number of benzene rings is 1. The van der Waals surface area contributed by atoms with E-state index in [2.05, 4.69) is 4.98 Å². The molecule has 1 saturated heterocycles. The van der Waals surface area contributed by atoms with Crippen molar-refractivity contribution >= 4 is 28.7 Å². The Morgan fingerprint density at radius 1 is 1.18 bits per heavy atom. The van der Waals surface area contributed by atoms with E-state index in [0.717, 1.165) is 41.4 Å². The largest absolute Gasteiger partial charge is 0.480 e. The molecule has 2 aromatic rings. The maximum absolute atomic E-state index is 12.9. The summed E-state index contributed by atoms with van der Waals surface area (Å²) in [5.74, 6) is -1.11. The van der Waals surface area contributed by atoms with Gasteiger partial charge in [-0.25, -0.2) is 4.79 Å². The molecular formula is C21H25N3O4. The number of H-pyrrole nitrogens is 1. The Hall–Kier alpha value is -2.83. The van der Waals surface area contributed by atoms with E-state index in [9.17, 15) is 19.5 Å². The number of amides is 2. The summed E-state index contributed by atoms with van der Waals surface area (Å²) in [6.45, 7) is 1.30. The zero-order valence-corrected chi connectivity index (χ0v) is 15.8. The van der Waals surface area contributed by atoms with Crippen molar-refractivity contribution in [2.24, 2.45) is 0 Å². The number of likely N-dealkylation sites (tertiary alicyclic amines) is 1. The van der Waals surface area contributed by atoms with Gasteiger partial charge in [0.15, 0.2) is 0 Å². The van der Waals surface area contributed by atoms with Crippen molar-refractivity contribution in [3.8, 4) is 0 Å². The molecule has 2 aliphatic heterocycles. The SMILES string of the molecule is O=C(O)[C@@H]1Cc2c([nH]c3ccccc23)CN1C(=O)CCN1CCCCCC1=O. The number of nitrogens with zero attached hydrogens (tertiary/aromatic N) is 2. The van der Waals surface area contributed by atoms with Gasteiger partial charge in [0.2, 0.25) is 11.8 Å². The molecule has 1 aromatic carbocycles. The van der Waals surface area contributed by atoms with Crippen LogP contribution < -0.4 is 0 Å². The lowest BCUT2D eigenvalue weighted by Crippen LogP contribution is -2.49. The van der Waals surface area contributed by atoms with Gasteiger partial charge in [0.05, 0.1) is 6.54 Å². The number of rotatable bonds is 4. The van der Waals surface area contributed by atoms with Gasteiger partial charge in [-0.2, -0.15) is 0 Å². The second-order valence-corrected chi connectivity index (χ2v) is 7.65. The highest BCUT2D eigenvalue weighted by molar-refractivity contribution is 5.89. The molecule has 1 atom stereocenters. The summed E-state index contributed by atoms with van der Waals surface area (Å²) in [4.78, 5) is 43.4. The molecule has 3 heterocycles. The molecule has 4 rings (SSSR count). The molecule has 0 spiro atoms. The first-order valence-electron chi connectivity index (χ1n) is 9.93. The number of carboxylic acids is 1. The van der Waals surface area contributed by atoms with Gasteiger partial charge in [-0.15, -0.1) is 0 Å². The number of carboxylic acid groups (broad SMARTS) is 1. The number of hydrogen-bond acceptors (Lipinski definition) is 3. The van der Waals surface area contributed by atoms with Crippen LogP contribution in [-0.4, -0.2) is 56.8 Å². The van der Waals surface area contributed by atoms with Gasteiger partial charge >= 0.3 is 5.97 Å². The maximum Gasteiger partial charge on any atom is 0.326 e. The van der Waals surface area contributed by atoms with Crippen LogP contribution in [0, 0.1) is 0 Å². The number of fused-ring (bicyclic) bond motifs is 3. The smallest absolute Gasteiger partial charge is 0.326 e. The van der Waals surface area contributed by atoms with Crippen molar-refractivity contribution in [2.75, 3.05) is 13.1 Å². The molecule has 7 heteroatoms. The Morgan fingerprint density at radius 2 is 2.00 bits per heavy atom. The van der Waals surface area contributed by atoms with E-state index in [4.69, 9.17) is 0 Å². The summed E-state index contributed by atoms with van der Waals surface area (Å²) < 4.78 is 0. The molecule has 0 bridgehead atoms. The average Bonchev–Trinajstić information content (AvgIpc) is 2.93. The third-order valence-corrected chi connectivity index (χ3v) is 5.88. The van der Waals surface area contributed by atoms with Gasteiger partial charge in [-0.3, -0.25) is 9.59 Å². The molecule has 148 valence electrons. The molecule has 0 saturated carbocycles. The quantitative estimate of drug-likeness (QED) is 0.847. The maximum atomic E-state index is 12.9. The predicted octanol–water partition coefficient (Wildman–Crippen LogP) is 2.30. The fraction of sp³-hybridized carbons (Fsp3) is 0.476. The normalized spacial score (nSPS) is 20.1. The third kappa shape index (κ3) is 3.48. The van der Waals surface area contributed by atoms with Crippen molar-refractivity contribution in [1.29, 1.82) is 0 Å². The standard InChI is InChI=1S/C21H25N3O4/c25-19-8-2-1-5-10-23(19)11-9-20(26)24-13-17-15(12-18(24)21(27)28)14-6-3-4-7-16(14)22-17/h3-4,6-7,18,22H,1-2,5,8-13H2,(H,27,28)/t18-/m0/s1. The number of para-hydroxylation sites is 1. The summed E-state index contributed by atoms with van der Waals surface area (Å²) >= 11 is 0. The van der Waals surface area contributed by atoms with E-state index < -0.39 is 12.0 Å². The number of aromatic nitrogens is 1. The van der Waals surface area contributed by atoms with Crippen LogP contribution in [0.15, 0.2) is 24.3 Å². The molecule has 0 aliphatic carbocycles. The Balaban J connectivity index is 1.51. The first kappa shape index (κ1) is 18.5. The molecule has 7 nitrogen and oxygen atoms in total. The van der Waals surface area contributed by atoms with Gasteiger partial charge in [0, 0.05) is 48.9 Å². The summed E-state index contributed by atoms with van der Waals surface area (Å²) in [5, 5.41) is 10.7. The highest BCUT2D eigenvalue weighted by Gasteiger charge is 2.36. The summed E-state index contributed by atoms with van der Waals surface area (Å²) in [7, 11) is 0. The van der Waals surface area contributed by atoms with Crippen molar-refractivity contribution in [1.82, 2.24) is 14.8 Å². The van der Waals surface area contributed by atoms with E-state index in [1.54, 1.807) is 4.90 Å². The first-order valence-corrected chi connectivity index (χ1v) is 9.93. The molecule has 2 aliphatic rings. The number of carbonyl (C=O) groups excluding carboxylic acids is 2. The van der Waals surface area contributed by atoms with Gasteiger partial charge in [0.25, 0.3) is 0 Å². The number of aromatic amines is 1. The molecule has 0 unspecified atom stereocenters. The third-order valence-electron chi connectivity index (χ3n) is 5.88. The van der Waals surface area contributed by atoms with E-state index in [1.165, 1.54) is 4.90 Å². The second-order valence-electron chi connectivity index (χ2n) is 7.65. The summed E-state index contributed by atoms with van der Waals surface area (Å²) in [6, 6.07) is 6.92. The van der Waals surface area contributed by atoms with Crippen LogP contribution in [0.25, 0.3) is 10.9 Å². The fourth-order valence-corrected chi connectivity index (χ4v) is 4.34. The minimum absolute atomic E-state index is 0.0941. The van der Waals surface area contributed by atoms with Gasteiger partial charge in [0.1, 0.15) is 6.04 Å². The van der Waals surface area contributed by atoms with Crippen LogP contribution in [0.2, 0.25) is 0 Å². The van der Waals surface area contributed by atoms with E-state index in [0.29, 0.717) is 25.9 Å². The van der Waals surface area contributed by atoms with Crippen LogP contribution in [-0.2, 0) is 27.3 Å². The highest BCUT2D eigenvalue weighted by Crippen LogP contribution is 2.30. The molecular weight excluding hydrogens is 358 g/mol. The molecule has 1 aromatic heterocycles. The summed E-state index contributed by atoms with van der Waals surface area (Å²) in [5.41, 5.74) is 2.84. The van der Waals surface area contributed by atoms with E-state index in [-0.39, 0.29) is 24.8 Å². The molecule has 28 heavy (non-hydrogen) atoms.